The Hall–Kier alpha value is -0.610. The fraction of sp³-hybridized carbons (Fsp3) is 0.929. The summed E-state index contributed by atoms with van der Waals surface area (Å²) < 4.78 is 5.71. The second-order valence-electron chi connectivity index (χ2n) is 5.62. The Morgan fingerprint density at radius 2 is 1.94 bits per heavy atom. The molecule has 104 valence electrons. The second kappa shape index (κ2) is 6.53. The molecule has 4 heteroatoms. The number of ether oxygens (including phenoxy) is 1. The standard InChI is InChI=1S/C14H26N2O2/c1-11-7-8-13(18-11)14(17)16(10-9-15)12-5-3-2-4-6-12/h11-13H,2-10,15H2,1H3. The third-order valence-corrected chi connectivity index (χ3v) is 4.18. The topological polar surface area (TPSA) is 55.6 Å². The summed E-state index contributed by atoms with van der Waals surface area (Å²) in [6.07, 6.45) is 7.92. The number of nitrogens with zero attached hydrogens (tertiary/aromatic N) is 1. The molecule has 18 heavy (non-hydrogen) atoms. The quantitative estimate of drug-likeness (QED) is 0.830. The minimum absolute atomic E-state index is 0.178. The highest BCUT2D eigenvalue weighted by molar-refractivity contribution is 5.81. The van der Waals surface area contributed by atoms with Crippen molar-refractivity contribution in [1.29, 1.82) is 0 Å². The van der Waals surface area contributed by atoms with E-state index in [1.54, 1.807) is 0 Å². The van der Waals surface area contributed by atoms with Crippen LogP contribution in [0.5, 0.6) is 0 Å². The Morgan fingerprint density at radius 1 is 1.22 bits per heavy atom. The highest BCUT2D eigenvalue weighted by atomic mass is 16.5. The highest BCUT2D eigenvalue weighted by Gasteiger charge is 2.34. The normalized spacial score (nSPS) is 29.4. The maximum atomic E-state index is 12.5. The van der Waals surface area contributed by atoms with Crippen molar-refractivity contribution in [1.82, 2.24) is 4.90 Å². The van der Waals surface area contributed by atoms with Crippen LogP contribution in [0.25, 0.3) is 0 Å². The van der Waals surface area contributed by atoms with Crippen LogP contribution in [0.15, 0.2) is 0 Å². The van der Waals surface area contributed by atoms with Crippen molar-refractivity contribution < 1.29 is 9.53 Å². The SMILES string of the molecule is CC1CCC(C(=O)N(CCN)C2CCCCC2)O1. The van der Waals surface area contributed by atoms with Crippen molar-refractivity contribution in [2.45, 2.75) is 70.1 Å². The van der Waals surface area contributed by atoms with Gasteiger partial charge in [0.15, 0.2) is 0 Å². The zero-order chi connectivity index (χ0) is 13.0. The van der Waals surface area contributed by atoms with Gasteiger partial charge in [-0.2, -0.15) is 0 Å². The molecule has 2 N–H and O–H groups in total. The molecule has 2 atom stereocenters. The highest BCUT2D eigenvalue weighted by Crippen LogP contribution is 2.26. The van der Waals surface area contributed by atoms with E-state index in [4.69, 9.17) is 10.5 Å². The Labute approximate surface area is 110 Å². The summed E-state index contributed by atoms with van der Waals surface area (Å²) in [6.45, 7) is 3.27. The summed E-state index contributed by atoms with van der Waals surface area (Å²) in [5, 5.41) is 0. The average molecular weight is 254 g/mol. The van der Waals surface area contributed by atoms with Gasteiger partial charge in [-0.05, 0) is 32.6 Å². The van der Waals surface area contributed by atoms with Gasteiger partial charge in [0.25, 0.3) is 5.91 Å². The first-order chi connectivity index (χ1) is 8.72. The summed E-state index contributed by atoms with van der Waals surface area (Å²) >= 11 is 0. The molecule has 0 aromatic carbocycles. The Morgan fingerprint density at radius 3 is 2.50 bits per heavy atom. The minimum Gasteiger partial charge on any atom is -0.365 e. The lowest BCUT2D eigenvalue weighted by Gasteiger charge is -2.35. The molecule has 1 saturated heterocycles. The molecular formula is C14H26N2O2. The minimum atomic E-state index is -0.214. The van der Waals surface area contributed by atoms with E-state index in [1.807, 2.05) is 11.8 Å². The number of hydrogen-bond donors (Lipinski definition) is 1. The molecule has 0 bridgehead atoms. The van der Waals surface area contributed by atoms with Crippen LogP contribution in [0.1, 0.15) is 51.9 Å². The van der Waals surface area contributed by atoms with Crippen LogP contribution < -0.4 is 5.73 Å². The van der Waals surface area contributed by atoms with Crippen molar-refractivity contribution in [3.8, 4) is 0 Å². The third-order valence-electron chi connectivity index (χ3n) is 4.18. The van der Waals surface area contributed by atoms with E-state index in [-0.39, 0.29) is 18.1 Å². The lowest BCUT2D eigenvalue weighted by Crippen LogP contribution is -2.48. The molecule has 1 amide bonds. The zero-order valence-corrected chi connectivity index (χ0v) is 11.4. The van der Waals surface area contributed by atoms with E-state index in [0.29, 0.717) is 19.1 Å². The van der Waals surface area contributed by atoms with Crippen LogP contribution in [0.4, 0.5) is 0 Å². The summed E-state index contributed by atoms with van der Waals surface area (Å²) in [4.78, 5) is 14.5. The number of nitrogens with two attached hydrogens (primary N) is 1. The van der Waals surface area contributed by atoms with Gasteiger partial charge in [0, 0.05) is 19.1 Å². The molecule has 2 aliphatic rings. The van der Waals surface area contributed by atoms with Crippen molar-refractivity contribution >= 4 is 5.91 Å². The van der Waals surface area contributed by atoms with Crippen LogP contribution in [-0.2, 0) is 9.53 Å². The van der Waals surface area contributed by atoms with Crippen LogP contribution >= 0.6 is 0 Å². The molecule has 1 aliphatic heterocycles. The van der Waals surface area contributed by atoms with Gasteiger partial charge in [0.1, 0.15) is 6.10 Å². The first kappa shape index (κ1) is 13.8. The second-order valence-corrected chi connectivity index (χ2v) is 5.62. The predicted molar refractivity (Wildman–Crippen MR) is 71.2 cm³/mol. The van der Waals surface area contributed by atoms with Crippen LogP contribution in [0.2, 0.25) is 0 Å². The van der Waals surface area contributed by atoms with E-state index < -0.39 is 0 Å². The van der Waals surface area contributed by atoms with Gasteiger partial charge in [-0.25, -0.2) is 0 Å². The molecule has 0 spiro atoms. The van der Waals surface area contributed by atoms with Gasteiger partial charge in [-0.15, -0.1) is 0 Å². The Balaban J connectivity index is 1.97. The van der Waals surface area contributed by atoms with Gasteiger partial charge in [0.2, 0.25) is 0 Å². The van der Waals surface area contributed by atoms with Gasteiger partial charge in [-0.3, -0.25) is 4.79 Å². The molecule has 0 aromatic rings. The maximum Gasteiger partial charge on any atom is 0.252 e. The van der Waals surface area contributed by atoms with E-state index in [2.05, 4.69) is 0 Å². The fourth-order valence-electron chi connectivity index (χ4n) is 3.17. The van der Waals surface area contributed by atoms with Crippen molar-refractivity contribution in [3.63, 3.8) is 0 Å². The molecule has 1 aliphatic carbocycles. The first-order valence-corrected chi connectivity index (χ1v) is 7.38. The summed E-state index contributed by atoms with van der Waals surface area (Å²) in [5.41, 5.74) is 5.67. The number of rotatable bonds is 4. The van der Waals surface area contributed by atoms with E-state index in [9.17, 15) is 4.79 Å². The van der Waals surface area contributed by atoms with Gasteiger partial charge in [0.05, 0.1) is 6.10 Å². The zero-order valence-electron chi connectivity index (χ0n) is 11.4. The number of hydrogen-bond acceptors (Lipinski definition) is 3. The van der Waals surface area contributed by atoms with Crippen LogP contribution in [0, 0.1) is 0 Å². The molecule has 2 rings (SSSR count). The van der Waals surface area contributed by atoms with Crippen LogP contribution in [0.3, 0.4) is 0 Å². The molecule has 1 saturated carbocycles. The lowest BCUT2D eigenvalue weighted by molar-refractivity contribution is -0.145. The molecule has 0 aromatic heterocycles. The third kappa shape index (κ3) is 3.23. The smallest absolute Gasteiger partial charge is 0.252 e. The van der Waals surface area contributed by atoms with Gasteiger partial charge >= 0.3 is 0 Å². The maximum absolute atomic E-state index is 12.5. The average Bonchev–Trinajstić information content (AvgIpc) is 2.83. The lowest BCUT2D eigenvalue weighted by atomic mass is 9.93. The molecule has 2 unspecified atom stereocenters. The molecule has 2 fully saturated rings. The predicted octanol–water partition coefficient (Wildman–Crippen LogP) is 1.67. The molecule has 1 heterocycles. The Bertz CT molecular complexity index is 277. The van der Waals surface area contributed by atoms with Gasteiger partial charge in [-0.1, -0.05) is 19.3 Å². The molecular weight excluding hydrogens is 228 g/mol. The molecule has 4 nitrogen and oxygen atoms in total. The number of amides is 1. The van der Waals surface area contributed by atoms with Crippen molar-refractivity contribution in [2.24, 2.45) is 5.73 Å². The van der Waals surface area contributed by atoms with E-state index >= 15 is 0 Å². The van der Waals surface area contributed by atoms with Crippen molar-refractivity contribution in [2.75, 3.05) is 13.1 Å². The van der Waals surface area contributed by atoms with E-state index in [1.165, 1.54) is 19.3 Å². The monoisotopic (exact) mass is 254 g/mol. The molecule has 0 radical (unpaired) electrons. The van der Waals surface area contributed by atoms with Crippen LogP contribution in [-0.4, -0.2) is 42.1 Å². The number of carbonyl (C=O) groups excluding carboxylic acids is 1. The van der Waals surface area contributed by atoms with E-state index in [0.717, 1.165) is 25.7 Å². The van der Waals surface area contributed by atoms with Crippen molar-refractivity contribution in [3.05, 3.63) is 0 Å². The largest absolute Gasteiger partial charge is 0.365 e. The first-order valence-electron chi connectivity index (χ1n) is 7.38. The summed E-state index contributed by atoms with van der Waals surface area (Å²) in [7, 11) is 0. The summed E-state index contributed by atoms with van der Waals surface area (Å²) in [5.74, 6) is 0.178. The fourth-order valence-corrected chi connectivity index (χ4v) is 3.17. The Kier molecular flexibility index (Phi) is 5.01. The summed E-state index contributed by atoms with van der Waals surface area (Å²) in [6, 6.07) is 0.398. The number of carbonyl (C=O) groups is 1. The van der Waals surface area contributed by atoms with Gasteiger partial charge < -0.3 is 15.4 Å².